The van der Waals surface area contributed by atoms with Crippen LogP contribution in [0.1, 0.15) is 40.0 Å². The van der Waals surface area contributed by atoms with Crippen molar-refractivity contribution < 1.29 is 9.47 Å². The standard InChI is InChI=1S/C13H27NO2/c1-5-13(3)11(10-12(13)16-6-2)14-8-7-9-15-4/h11-12,14H,5-10H2,1-4H3. The predicted octanol–water partition coefficient (Wildman–Crippen LogP) is 2.21. The van der Waals surface area contributed by atoms with Gasteiger partial charge in [-0.1, -0.05) is 13.8 Å². The summed E-state index contributed by atoms with van der Waals surface area (Å²) in [6.07, 6.45) is 3.87. The lowest BCUT2D eigenvalue weighted by atomic mass is 9.61. The van der Waals surface area contributed by atoms with Gasteiger partial charge in [-0.25, -0.2) is 0 Å². The topological polar surface area (TPSA) is 30.5 Å². The molecule has 0 aromatic heterocycles. The highest BCUT2D eigenvalue weighted by Gasteiger charge is 2.50. The molecule has 0 aromatic rings. The van der Waals surface area contributed by atoms with Gasteiger partial charge in [0, 0.05) is 31.8 Å². The van der Waals surface area contributed by atoms with E-state index in [9.17, 15) is 0 Å². The largest absolute Gasteiger partial charge is 0.385 e. The smallest absolute Gasteiger partial charge is 0.0658 e. The highest BCUT2D eigenvalue weighted by Crippen LogP contribution is 2.45. The SMILES string of the molecule is CCOC1CC(NCCCOC)C1(C)CC. The summed E-state index contributed by atoms with van der Waals surface area (Å²) >= 11 is 0. The number of methoxy groups -OCH3 is 1. The maximum absolute atomic E-state index is 5.78. The normalized spacial score (nSPS) is 33.8. The fourth-order valence-corrected chi connectivity index (χ4v) is 2.56. The predicted molar refractivity (Wildman–Crippen MR) is 66.7 cm³/mol. The van der Waals surface area contributed by atoms with Crippen LogP contribution in [-0.4, -0.2) is 39.0 Å². The number of rotatable bonds is 8. The van der Waals surface area contributed by atoms with Crippen molar-refractivity contribution in [3.8, 4) is 0 Å². The molecule has 0 radical (unpaired) electrons. The lowest BCUT2D eigenvalue weighted by molar-refractivity contribution is -0.125. The minimum atomic E-state index is 0.323. The van der Waals surface area contributed by atoms with Gasteiger partial charge in [0.15, 0.2) is 0 Å². The summed E-state index contributed by atoms with van der Waals surface area (Å²) in [6.45, 7) is 9.40. The molecular formula is C13H27NO2. The molecule has 96 valence electrons. The summed E-state index contributed by atoms with van der Waals surface area (Å²) in [6, 6.07) is 0.617. The van der Waals surface area contributed by atoms with E-state index < -0.39 is 0 Å². The molecule has 3 unspecified atom stereocenters. The molecule has 1 fully saturated rings. The second kappa shape index (κ2) is 6.58. The first kappa shape index (κ1) is 13.9. The van der Waals surface area contributed by atoms with Crippen molar-refractivity contribution in [2.75, 3.05) is 26.9 Å². The van der Waals surface area contributed by atoms with Crippen LogP contribution in [0.15, 0.2) is 0 Å². The molecule has 3 heteroatoms. The van der Waals surface area contributed by atoms with Crippen molar-refractivity contribution in [3.63, 3.8) is 0 Å². The van der Waals surface area contributed by atoms with E-state index in [1.165, 1.54) is 6.42 Å². The fraction of sp³-hybridized carbons (Fsp3) is 1.00. The average Bonchev–Trinajstić information content (AvgIpc) is 2.30. The van der Waals surface area contributed by atoms with E-state index in [0.717, 1.165) is 32.6 Å². The van der Waals surface area contributed by atoms with E-state index in [0.29, 0.717) is 17.6 Å². The zero-order valence-electron chi connectivity index (χ0n) is 11.2. The molecule has 0 aliphatic heterocycles. The molecule has 0 heterocycles. The third-order valence-corrected chi connectivity index (χ3v) is 4.03. The number of hydrogen-bond donors (Lipinski definition) is 1. The van der Waals surface area contributed by atoms with Crippen LogP contribution in [0.2, 0.25) is 0 Å². The Morgan fingerprint density at radius 3 is 2.69 bits per heavy atom. The molecule has 0 bridgehead atoms. The van der Waals surface area contributed by atoms with E-state index in [-0.39, 0.29) is 0 Å². The molecule has 3 atom stereocenters. The Morgan fingerprint density at radius 2 is 2.12 bits per heavy atom. The summed E-state index contributed by atoms with van der Waals surface area (Å²) in [5.74, 6) is 0. The lowest BCUT2D eigenvalue weighted by Crippen LogP contribution is -2.62. The molecule has 1 aliphatic carbocycles. The van der Waals surface area contributed by atoms with Crippen molar-refractivity contribution in [1.29, 1.82) is 0 Å². The highest BCUT2D eigenvalue weighted by molar-refractivity contribution is 5.04. The molecule has 0 saturated heterocycles. The zero-order chi connectivity index (χ0) is 12.0. The Bertz CT molecular complexity index is 198. The number of ether oxygens (including phenoxy) is 2. The van der Waals surface area contributed by atoms with Crippen molar-refractivity contribution >= 4 is 0 Å². The zero-order valence-corrected chi connectivity index (χ0v) is 11.2. The summed E-state index contributed by atoms with van der Waals surface area (Å²) in [5, 5.41) is 3.62. The monoisotopic (exact) mass is 229 g/mol. The van der Waals surface area contributed by atoms with Gasteiger partial charge in [0.2, 0.25) is 0 Å². The Hall–Kier alpha value is -0.120. The van der Waals surface area contributed by atoms with Crippen LogP contribution in [0.3, 0.4) is 0 Å². The van der Waals surface area contributed by atoms with E-state index in [4.69, 9.17) is 9.47 Å². The molecule has 0 spiro atoms. The second-order valence-corrected chi connectivity index (χ2v) is 4.89. The Kier molecular flexibility index (Phi) is 5.73. The quantitative estimate of drug-likeness (QED) is 0.647. The molecule has 0 amide bonds. The third kappa shape index (κ3) is 2.96. The van der Waals surface area contributed by atoms with Gasteiger partial charge in [0.1, 0.15) is 0 Å². The first-order valence-corrected chi connectivity index (χ1v) is 6.53. The molecule has 1 N–H and O–H groups in total. The number of hydrogen-bond acceptors (Lipinski definition) is 3. The summed E-state index contributed by atoms with van der Waals surface area (Å²) in [4.78, 5) is 0. The van der Waals surface area contributed by atoms with Crippen molar-refractivity contribution in [3.05, 3.63) is 0 Å². The van der Waals surface area contributed by atoms with Gasteiger partial charge in [-0.05, 0) is 32.7 Å². The van der Waals surface area contributed by atoms with Crippen LogP contribution in [-0.2, 0) is 9.47 Å². The van der Waals surface area contributed by atoms with Gasteiger partial charge in [-0.2, -0.15) is 0 Å². The minimum absolute atomic E-state index is 0.323. The van der Waals surface area contributed by atoms with Gasteiger partial charge >= 0.3 is 0 Å². The molecule has 1 aliphatic rings. The highest BCUT2D eigenvalue weighted by atomic mass is 16.5. The van der Waals surface area contributed by atoms with Crippen LogP contribution < -0.4 is 5.32 Å². The third-order valence-electron chi connectivity index (χ3n) is 4.03. The van der Waals surface area contributed by atoms with E-state index in [2.05, 4.69) is 26.1 Å². The molecule has 0 aromatic carbocycles. The van der Waals surface area contributed by atoms with Crippen LogP contribution in [0.5, 0.6) is 0 Å². The molecular weight excluding hydrogens is 202 g/mol. The van der Waals surface area contributed by atoms with Crippen LogP contribution >= 0.6 is 0 Å². The van der Waals surface area contributed by atoms with Gasteiger partial charge in [-0.3, -0.25) is 0 Å². The van der Waals surface area contributed by atoms with E-state index in [1.807, 2.05) is 0 Å². The van der Waals surface area contributed by atoms with Gasteiger partial charge in [0.05, 0.1) is 6.10 Å². The molecule has 1 rings (SSSR count). The Labute approximate surface area is 99.9 Å². The van der Waals surface area contributed by atoms with Gasteiger partial charge in [0.25, 0.3) is 0 Å². The van der Waals surface area contributed by atoms with Crippen molar-refractivity contribution in [2.45, 2.75) is 52.2 Å². The van der Waals surface area contributed by atoms with Crippen LogP contribution in [0, 0.1) is 5.41 Å². The van der Waals surface area contributed by atoms with Crippen LogP contribution in [0.25, 0.3) is 0 Å². The minimum Gasteiger partial charge on any atom is -0.385 e. The summed E-state index contributed by atoms with van der Waals surface area (Å²) in [7, 11) is 1.75. The maximum atomic E-state index is 5.78. The van der Waals surface area contributed by atoms with E-state index in [1.54, 1.807) is 7.11 Å². The van der Waals surface area contributed by atoms with E-state index >= 15 is 0 Å². The molecule has 3 nitrogen and oxygen atoms in total. The maximum Gasteiger partial charge on any atom is 0.0658 e. The Balaban J connectivity index is 2.28. The first-order valence-electron chi connectivity index (χ1n) is 6.53. The number of nitrogens with one attached hydrogen (secondary N) is 1. The van der Waals surface area contributed by atoms with Gasteiger partial charge < -0.3 is 14.8 Å². The van der Waals surface area contributed by atoms with Gasteiger partial charge in [-0.15, -0.1) is 0 Å². The Morgan fingerprint density at radius 1 is 1.38 bits per heavy atom. The molecule has 16 heavy (non-hydrogen) atoms. The van der Waals surface area contributed by atoms with Crippen molar-refractivity contribution in [1.82, 2.24) is 5.32 Å². The molecule has 1 saturated carbocycles. The fourth-order valence-electron chi connectivity index (χ4n) is 2.56. The summed E-state index contributed by atoms with van der Waals surface area (Å²) in [5.41, 5.74) is 0.323. The first-order chi connectivity index (χ1) is 7.69. The summed E-state index contributed by atoms with van der Waals surface area (Å²) < 4.78 is 10.8. The lowest BCUT2D eigenvalue weighted by Gasteiger charge is -2.53. The average molecular weight is 229 g/mol. The second-order valence-electron chi connectivity index (χ2n) is 4.89. The van der Waals surface area contributed by atoms with Crippen LogP contribution in [0.4, 0.5) is 0 Å². The van der Waals surface area contributed by atoms with Crippen molar-refractivity contribution in [2.24, 2.45) is 5.41 Å².